The number of benzene rings is 2. The van der Waals surface area contributed by atoms with Gasteiger partial charge in [-0.3, -0.25) is 4.79 Å². The lowest BCUT2D eigenvalue weighted by atomic mass is 10.2. The van der Waals surface area contributed by atoms with Gasteiger partial charge >= 0.3 is 5.97 Å². The van der Waals surface area contributed by atoms with E-state index in [1.54, 1.807) is 35.9 Å². The van der Waals surface area contributed by atoms with Crippen LogP contribution in [0.25, 0.3) is 15.9 Å². The largest absolute Gasteiger partial charge is 0.451 e. The van der Waals surface area contributed by atoms with E-state index in [0.29, 0.717) is 21.2 Å². The van der Waals surface area contributed by atoms with E-state index in [9.17, 15) is 18.0 Å². The normalized spacial score (nSPS) is 11.7. The molecule has 4 rings (SSSR count). The van der Waals surface area contributed by atoms with Crippen molar-refractivity contribution in [1.82, 2.24) is 14.1 Å². The molecule has 9 nitrogen and oxygen atoms in total. The minimum absolute atomic E-state index is 0.0415. The molecule has 188 valence electrons. The summed E-state index contributed by atoms with van der Waals surface area (Å²) in [6.45, 7) is 3.04. The summed E-state index contributed by atoms with van der Waals surface area (Å²) >= 11 is 7.31. The van der Waals surface area contributed by atoms with Crippen LogP contribution in [0.5, 0.6) is 0 Å². The highest BCUT2D eigenvalue weighted by Gasteiger charge is 2.21. The average molecular weight is 547 g/mol. The van der Waals surface area contributed by atoms with Crippen LogP contribution in [-0.4, -0.2) is 55.1 Å². The summed E-state index contributed by atoms with van der Waals surface area (Å²) in [5.41, 5.74) is 2.48. The van der Waals surface area contributed by atoms with Gasteiger partial charge in [-0.25, -0.2) is 22.2 Å². The summed E-state index contributed by atoms with van der Waals surface area (Å²) < 4.78 is 32.8. The molecule has 1 N–H and O–H groups in total. The second kappa shape index (κ2) is 10.0. The molecule has 0 saturated heterocycles. The van der Waals surface area contributed by atoms with Crippen molar-refractivity contribution in [3.05, 3.63) is 69.7 Å². The molecule has 2 aromatic carbocycles. The van der Waals surface area contributed by atoms with Crippen molar-refractivity contribution in [2.75, 3.05) is 26.0 Å². The molecule has 0 unspecified atom stereocenters. The smallest absolute Gasteiger partial charge is 0.348 e. The molecule has 0 aliphatic heterocycles. The van der Waals surface area contributed by atoms with E-state index in [4.69, 9.17) is 16.3 Å². The second-order valence-corrected chi connectivity index (χ2v) is 11.8. The fraction of sp³-hybridized carbons (Fsp3) is 0.208. The number of aryl methyl sites for hydroxylation is 2. The van der Waals surface area contributed by atoms with E-state index in [2.05, 4.69) is 10.4 Å². The first-order valence-electron chi connectivity index (χ1n) is 10.7. The highest BCUT2D eigenvalue weighted by atomic mass is 35.5. The number of nitrogens with zero attached hydrogens (tertiary/aromatic N) is 3. The molecule has 2 heterocycles. The fourth-order valence-electron chi connectivity index (χ4n) is 3.43. The number of nitrogens with one attached hydrogen (secondary N) is 1. The van der Waals surface area contributed by atoms with Crippen LogP contribution in [0.2, 0.25) is 5.02 Å². The molecule has 12 heteroatoms. The summed E-state index contributed by atoms with van der Waals surface area (Å²) in [5, 5.41) is 8.51. The molecular formula is C24H23ClN4O5S2. The maximum absolute atomic E-state index is 12.7. The molecule has 0 bridgehead atoms. The van der Waals surface area contributed by atoms with Crippen LogP contribution in [0, 0.1) is 13.8 Å². The zero-order valence-corrected chi connectivity index (χ0v) is 22.3. The number of hydrogen-bond acceptors (Lipinski definition) is 7. The van der Waals surface area contributed by atoms with Crippen molar-refractivity contribution in [3.8, 4) is 5.69 Å². The molecule has 4 aromatic rings. The first kappa shape index (κ1) is 25.8. The molecular weight excluding hydrogens is 524 g/mol. The Hall–Kier alpha value is -3.25. The maximum Gasteiger partial charge on any atom is 0.348 e. The van der Waals surface area contributed by atoms with Gasteiger partial charge in [-0.15, -0.1) is 11.3 Å². The highest BCUT2D eigenvalue weighted by molar-refractivity contribution is 7.89. The number of fused-ring (bicyclic) bond motifs is 1. The van der Waals surface area contributed by atoms with Crippen molar-refractivity contribution in [3.63, 3.8) is 0 Å². The van der Waals surface area contributed by atoms with Crippen LogP contribution in [0.1, 0.15) is 20.9 Å². The SMILES string of the molecule is Cc1ccc(S(=O)(=O)N(C)C)cc1NC(=O)COC(=O)c1cc2c(C)nn(-c3cccc(Cl)c3)c2s1. The summed E-state index contributed by atoms with van der Waals surface area (Å²) in [4.78, 5) is 26.3. The number of carbonyl (C=O) groups excluding carboxylic acids is 2. The van der Waals surface area contributed by atoms with Gasteiger partial charge in [-0.1, -0.05) is 23.7 Å². The van der Waals surface area contributed by atoms with Crippen molar-refractivity contribution in [2.24, 2.45) is 0 Å². The zero-order valence-electron chi connectivity index (χ0n) is 19.9. The highest BCUT2D eigenvalue weighted by Crippen LogP contribution is 2.31. The maximum atomic E-state index is 12.7. The van der Waals surface area contributed by atoms with E-state index in [-0.39, 0.29) is 4.90 Å². The molecule has 0 fully saturated rings. The van der Waals surface area contributed by atoms with Gasteiger partial charge in [0.15, 0.2) is 6.61 Å². The number of amides is 1. The molecule has 36 heavy (non-hydrogen) atoms. The van der Waals surface area contributed by atoms with E-state index in [0.717, 1.165) is 25.9 Å². The Kier molecular flexibility index (Phi) is 7.19. The number of esters is 1. The standard InChI is InChI=1S/C24H23ClN4O5S2/c1-14-8-9-18(36(32,33)28(3)4)11-20(14)26-22(30)13-34-24(31)21-12-19-15(2)27-29(23(19)35-21)17-7-5-6-16(25)10-17/h5-12H,13H2,1-4H3,(H,26,30). The fourth-order valence-corrected chi connectivity index (χ4v) is 5.62. The molecule has 0 radical (unpaired) electrons. The van der Waals surface area contributed by atoms with Crippen molar-refractivity contribution in [2.45, 2.75) is 18.7 Å². The van der Waals surface area contributed by atoms with Gasteiger partial charge in [0.2, 0.25) is 10.0 Å². The van der Waals surface area contributed by atoms with Gasteiger partial charge in [0.25, 0.3) is 5.91 Å². The van der Waals surface area contributed by atoms with Crippen LogP contribution < -0.4 is 5.32 Å². The van der Waals surface area contributed by atoms with E-state index in [1.165, 1.54) is 37.6 Å². The molecule has 0 aliphatic carbocycles. The summed E-state index contributed by atoms with van der Waals surface area (Å²) in [5.74, 6) is -1.24. The number of aromatic nitrogens is 2. The van der Waals surface area contributed by atoms with Crippen molar-refractivity contribution < 1.29 is 22.7 Å². The van der Waals surface area contributed by atoms with Crippen LogP contribution >= 0.6 is 22.9 Å². The third-order valence-electron chi connectivity index (χ3n) is 5.39. The monoisotopic (exact) mass is 546 g/mol. The number of ether oxygens (including phenoxy) is 1. The molecule has 0 saturated carbocycles. The first-order chi connectivity index (χ1) is 17.0. The molecule has 2 aromatic heterocycles. The Balaban J connectivity index is 1.47. The van der Waals surface area contributed by atoms with Gasteiger partial charge in [0.05, 0.1) is 16.3 Å². The lowest BCUT2D eigenvalue weighted by Gasteiger charge is -2.14. The Morgan fingerprint density at radius 1 is 1.14 bits per heavy atom. The predicted molar refractivity (Wildman–Crippen MR) is 140 cm³/mol. The van der Waals surface area contributed by atoms with Crippen LogP contribution in [0.3, 0.4) is 0 Å². The summed E-state index contributed by atoms with van der Waals surface area (Å²) in [6.07, 6.45) is 0. The van der Waals surface area contributed by atoms with Crippen molar-refractivity contribution >= 4 is 60.7 Å². The van der Waals surface area contributed by atoms with Gasteiger partial charge in [-0.2, -0.15) is 5.10 Å². The lowest BCUT2D eigenvalue weighted by Crippen LogP contribution is -2.23. The lowest BCUT2D eigenvalue weighted by molar-refractivity contribution is -0.119. The number of sulfonamides is 1. The van der Waals surface area contributed by atoms with E-state index in [1.807, 2.05) is 19.1 Å². The third kappa shape index (κ3) is 5.14. The average Bonchev–Trinajstić information content (AvgIpc) is 3.39. The van der Waals surface area contributed by atoms with Crippen LogP contribution in [-0.2, 0) is 19.6 Å². The van der Waals surface area contributed by atoms with Gasteiger partial charge in [0.1, 0.15) is 9.71 Å². The van der Waals surface area contributed by atoms with Gasteiger partial charge in [-0.05, 0) is 55.8 Å². The Bertz CT molecular complexity index is 1590. The van der Waals surface area contributed by atoms with Gasteiger partial charge in [0, 0.05) is 30.2 Å². The Labute approximate surface area is 217 Å². The van der Waals surface area contributed by atoms with Gasteiger partial charge < -0.3 is 10.1 Å². The second-order valence-electron chi connectivity index (χ2n) is 8.20. The Morgan fingerprint density at radius 2 is 1.89 bits per heavy atom. The summed E-state index contributed by atoms with van der Waals surface area (Å²) in [6, 6.07) is 13.3. The quantitative estimate of drug-likeness (QED) is 0.344. The number of anilines is 1. The zero-order chi connectivity index (χ0) is 26.2. The van der Waals surface area contributed by atoms with E-state index < -0.39 is 28.5 Å². The minimum atomic E-state index is -3.67. The minimum Gasteiger partial charge on any atom is -0.451 e. The topological polar surface area (TPSA) is 111 Å². The van der Waals surface area contributed by atoms with Crippen LogP contribution in [0.4, 0.5) is 5.69 Å². The van der Waals surface area contributed by atoms with E-state index >= 15 is 0 Å². The predicted octanol–water partition coefficient (Wildman–Crippen LogP) is 4.40. The molecule has 0 atom stereocenters. The summed E-state index contributed by atoms with van der Waals surface area (Å²) in [7, 11) is -0.816. The third-order valence-corrected chi connectivity index (χ3v) is 8.53. The number of thiophene rings is 1. The number of hydrogen-bond donors (Lipinski definition) is 1. The first-order valence-corrected chi connectivity index (χ1v) is 13.4. The van der Waals surface area contributed by atoms with Crippen LogP contribution in [0.15, 0.2) is 53.4 Å². The molecule has 1 amide bonds. The number of rotatable bonds is 7. The Morgan fingerprint density at radius 3 is 2.58 bits per heavy atom. The number of halogens is 1. The molecule has 0 aliphatic rings. The molecule has 0 spiro atoms. The van der Waals surface area contributed by atoms with Crippen molar-refractivity contribution in [1.29, 1.82) is 0 Å². The number of carbonyl (C=O) groups is 2.